The molecule has 6 aromatic rings. The highest BCUT2D eigenvalue weighted by Crippen LogP contribution is 2.55. The van der Waals surface area contributed by atoms with Crippen molar-refractivity contribution in [2.45, 2.75) is 77.1 Å². The number of hydrogen-bond donors (Lipinski definition) is 0. The third-order valence-corrected chi connectivity index (χ3v) is 12.1. The van der Waals surface area contributed by atoms with Crippen molar-refractivity contribution in [1.29, 1.82) is 0 Å². The van der Waals surface area contributed by atoms with Crippen molar-refractivity contribution in [2.75, 3.05) is 0 Å². The molecule has 0 fully saturated rings. The molecule has 2 atom stereocenters. The lowest BCUT2D eigenvalue weighted by Gasteiger charge is -2.27. The van der Waals surface area contributed by atoms with Crippen LogP contribution < -0.4 is 9.47 Å². The van der Waals surface area contributed by atoms with Gasteiger partial charge < -0.3 is 9.47 Å². The van der Waals surface area contributed by atoms with Gasteiger partial charge in [-0.05, 0) is 96.5 Å². The standard InChI is InChI=1S/C44H46O2S2/c1-7-41(43-37(25-15-27-39(43)45-29(3)4)35-23-13-19-31-17-9-11-21-33(31)35)47-48-42(8-2)44-38(26-16-28-40(44)46-30(5)6)36-24-14-20-32-18-10-12-22-34(32)36/h9-30,41-42H,7-8H2,1-6H3/t41-,42-/m1/s1. The van der Waals surface area contributed by atoms with Gasteiger partial charge in [-0.1, -0.05) is 145 Å². The van der Waals surface area contributed by atoms with Crippen LogP contribution >= 0.6 is 21.6 Å². The lowest BCUT2D eigenvalue weighted by molar-refractivity contribution is 0.239. The molecule has 6 aromatic carbocycles. The third kappa shape index (κ3) is 7.26. The van der Waals surface area contributed by atoms with Crippen LogP contribution in [0.3, 0.4) is 0 Å². The van der Waals surface area contributed by atoms with Gasteiger partial charge in [-0.25, -0.2) is 0 Å². The lowest BCUT2D eigenvalue weighted by atomic mass is 9.92. The summed E-state index contributed by atoms with van der Waals surface area (Å²) in [5.41, 5.74) is 7.55. The first kappa shape index (κ1) is 34.0. The van der Waals surface area contributed by atoms with Crippen LogP contribution in [0.2, 0.25) is 0 Å². The van der Waals surface area contributed by atoms with Gasteiger partial charge in [0.15, 0.2) is 0 Å². The van der Waals surface area contributed by atoms with E-state index in [2.05, 4.69) is 163 Å². The molecule has 0 saturated carbocycles. The second-order valence-electron chi connectivity index (χ2n) is 12.8. The van der Waals surface area contributed by atoms with E-state index in [4.69, 9.17) is 9.47 Å². The molecule has 0 aliphatic heterocycles. The minimum Gasteiger partial charge on any atom is -0.491 e. The van der Waals surface area contributed by atoms with Crippen LogP contribution in [0.5, 0.6) is 11.5 Å². The molecule has 246 valence electrons. The molecule has 0 radical (unpaired) electrons. The molecule has 0 aromatic heterocycles. The number of rotatable bonds is 13. The molecule has 0 amide bonds. The van der Waals surface area contributed by atoms with Gasteiger partial charge in [0.25, 0.3) is 0 Å². The lowest BCUT2D eigenvalue weighted by Crippen LogP contribution is -2.10. The van der Waals surface area contributed by atoms with E-state index in [1.165, 1.54) is 54.9 Å². The van der Waals surface area contributed by atoms with Gasteiger partial charge in [0, 0.05) is 21.6 Å². The largest absolute Gasteiger partial charge is 0.491 e. The molecule has 0 saturated heterocycles. The molecule has 6 rings (SSSR count). The molecule has 0 bridgehead atoms. The van der Waals surface area contributed by atoms with E-state index in [-0.39, 0.29) is 22.7 Å². The van der Waals surface area contributed by atoms with Crippen LogP contribution in [-0.4, -0.2) is 12.2 Å². The van der Waals surface area contributed by atoms with E-state index < -0.39 is 0 Å². The summed E-state index contributed by atoms with van der Waals surface area (Å²) in [6.07, 6.45) is 2.11. The molecule has 0 aliphatic rings. The predicted octanol–water partition coefficient (Wildman–Crippen LogP) is 13.9. The summed E-state index contributed by atoms with van der Waals surface area (Å²) in [5, 5.41) is 5.46. The van der Waals surface area contributed by atoms with Gasteiger partial charge in [-0.15, -0.1) is 0 Å². The molecule has 0 spiro atoms. The molecule has 0 heterocycles. The molecule has 0 N–H and O–H groups in total. The van der Waals surface area contributed by atoms with Crippen LogP contribution in [0.4, 0.5) is 0 Å². The van der Waals surface area contributed by atoms with Gasteiger partial charge in [-0.3, -0.25) is 0 Å². The smallest absolute Gasteiger partial charge is 0.124 e. The highest BCUT2D eigenvalue weighted by Gasteiger charge is 2.27. The molecule has 4 heteroatoms. The summed E-state index contributed by atoms with van der Waals surface area (Å²) in [7, 11) is 3.95. The Balaban J connectivity index is 1.43. The van der Waals surface area contributed by atoms with E-state index in [0.717, 1.165) is 24.3 Å². The topological polar surface area (TPSA) is 18.5 Å². The van der Waals surface area contributed by atoms with Crippen molar-refractivity contribution in [2.24, 2.45) is 0 Å². The Hall–Kier alpha value is -3.86. The highest BCUT2D eigenvalue weighted by atomic mass is 33.1. The Morgan fingerprint density at radius 2 is 0.792 bits per heavy atom. The third-order valence-electron chi connectivity index (χ3n) is 8.69. The Bertz CT molecular complexity index is 1840. The van der Waals surface area contributed by atoms with E-state index in [0.29, 0.717) is 0 Å². The van der Waals surface area contributed by atoms with Crippen LogP contribution in [0.15, 0.2) is 121 Å². The molecule has 48 heavy (non-hydrogen) atoms. The summed E-state index contributed by atoms with van der Waals surface area (Å²) >= 11 is 0. The van der Waals surface area contributed by atoms with Crippen LogP contribution in [0.25, 0.3) is 43.8 Å². The first-order chi connectivity index (χ1) is 23.4. The van der Waals surface area contributed by atoms with E-state index in [1.54, 1.807) is 0 Å². The first-order valence-electron chi connectivity index (χ1n) is 17.3. The van der Waals surface area contributed by atoms with E-state index in [1.807, 2.05) is 21.6 Å². The number of benzene rings is 6. The Labute approximate surface area is 294 Å². The second kappa shape index (κ2) is 15.6. The minimum absolute atomic E-state index is 0.0772. The van der Waals surface area contributed by atoms with Gasteiger partial charge in [0.2, 0.25) is 0 Å². The predicted molar refractivity (Wildman–Crippen MR) is 212 cm³/mol. The van der Waals surface area contributed by atoms with Crippen molar-refractivity contribution < 1.29 is 9.47 Å². The fourth-order valence-corrected chi connectivity index (χ4v) is 10.0. The average molecular weight is 671 g/mol. The second-order valence-corrected chi connectivity index (χ2v) is 15.5. The van der Waals surface area contributed by atoms with Gasteiger partial charge in [-0.2, -0.15) is 0 Å². The number of fused-ring (bicyclic) bond motifs is 2. The Morgan fingerprint density at radius 1 is 0.438 bits per heavy atom. The van der Waals surface area contributed by atoms with Gasteiger partial charge >= 0.3 is 0 Å². The maximum Gasteiger partial charge on any atom is 0.124 e. The summed E-state index contributed by atoms with van der Waals surface area (Å²) in [6, 6.07) is 43.8. The maximum absolute atomic E-state index is 6.56. The fourth-order valence-electron chi connectivity index (χ4n) is 6.63. The Kier molecular flexibility index (Phi) is 11.0. The SMILES string of the molecule is CC[C@@H](SS[C@H](CC)c1c(OC(C)C)cccc1-c1cccc2ccccc12)c1c(OC(C)C)cccc1-c1cccc2ccccc12. The van der Waals surface area contributed by atoms with E-state index >= 15 is 0 Å². The first-order valence-corrected chi connectivity index (χ1v) is 19.5. The summed E-state index contributed by atoms with van der Waals surface area (Å²) in [6.45, 7) is 13.1. The summed E-state index contributed by atoms with van der Waals surface area (Å²) in [4.78, 5) is 0. The van der Waals surface area contributed by atoms with Crippen molar-refractivity contribution in [3.05, 3.63) is 132 Å². The van der Waals surface area contributed by atoms with Crippen molar-refractivity contribution in [3.8, 4) is 33.8 Å². The molecular weight excluding hydrogens is 625 g/mol. The number of ether oxygens (including phenoxy) is 2. The summed E-state index contributed by atoms with van der Waals surface area (Å²) in [5.74, 6) is 1.95. The van der Waals surface area contributed by atoms with Crippen molar-refractivity contribution >= 4 is 43.1 Å². The monoisotopic (exact) mass is 670 g/mol. The van der Waals surface area contributed by atoms with Crippen molar-refractivity contribution in [1.82, 2.24) is 0 Å². The highest BCUT2D eigenvalue weighted by molar-refractivity contribution is 8.76. The molecular formula is C44H46O2S2. The maximum atomic E-state index is 6.56. The zero-order valence-electron chi connectivity index (χ0n) is 28.9. The Morgan fingerprint density at radius 3 is 1.19 bits per heavy atom. The van der Waals surface area contributed by atoms with Crippen molar-refractivity contribution in [3.63, 3.8) is 0 Å². The van der Waals surface area contributed by atoms with E-state index in [9.17, 15) is 0 Å². The van der Waals surface area contributed by atoms with Gasteiger partial charge in [0.05, 0.1) is 12.2 Å². The quantitative estimate of drug-likeness (QED) is 0.114. The fraction of sp³-hybridized carbons (Fsp3) is 0.273. The van der Waals surface area contributed by atoms with Crippen LogP contribution in [0.1, 0.15) is 76.0 Å². The molecule has 0 unspecified atom stereocenters. The molecule has 0 aliphatic carbocycles. The van der Waals surface area contributed by atoms with Crippen LogP contribution in [0, 0.1) is 0 Å². The van der Waals surface area contributed by atoms with Crippen LogP contribution in [-0.2, 0) is 0 Å². The zero-order valence-corrected chi connectivity index (χ0v) is 30.5. The molecule has 2 nitrogen and oxygen atoms in total. The minimum atomic E-state index is 0.0772. The summed E-state index contributed by atoms with van der Waals surface area (Å²) < 4.78 is 13.1. The average Bonchev–Trinajstić information content (AvgIpc) is 3.10. The zero-order chi connectivity index (χ0) is 33.6. The number of hydrogen-bond acceptors (Lipinski definition) is 4. The van der Waals surface area contributed by atoms with Gasteiger partial charge in [0.1, 0.15) is 11.5 Å². The normalized spacial score (nSPS) is 12.9.